The molecule has 0 unspecified atom stereocenters. The van der Waals surface area contributed by atoms with E-state index in [4.69, 9.17) is 6.42 Å². The lowest BCUT2D eigenvalue weighted by Gasteiger charge is -2.27. The minimum absolute atomic E-state index is 0.744. The number of rotatable bonds is 4. The smallest absolute Gasteiger partial charge is 0.390 e. The van der Waals surface area contributed by atoms with Crippen LogP contribution in [-0.4, -0.2) is 32.3 Å². The number of terminal acetylenes is 1. The molecule has 0 atom stereocenters. The topological polar surface area (TPSA) is 52.6 Å². The predicted octanol–water partition coefficient (Wildman–Crippen LogP) is 1.29. The number of halogens is 3. The average molecular weight is 252 g/mol. The van der Waals surface area contributed by atoms with Gasteiger partial charge in [-0.15, -0.1) is 12.3 Å². The van der Waals surface area contributed by atoms with Crippen molar-refractivity contribution in [2.45, 2.75) is 19.0 Å². The van der Waals surface area contributed by atoms with Gasteiger partial charge < -0.3 is 9.47 Å². The molecule has 0 aliphatic rings. The molecule has 0 saturated heterocycles. The molecule has 0 bridgehead atoms. The maximum Gasteiger partial charge on any atom is 0.390 e. The summed E-state index contributed by atoms with van der Waals surface area (Å²) in [5.41, 5.74) is -2.53. The number of esters is 2. The Kier molecular flexibility index (Phi) is 5.01. The normalized spacial score (nSPS) is 11.5. The third-order valence-electron chi connectivity index (χ3n) is 2.06. The minimum atomic E-state index is -4.75. The number of hydrogen-bond acceptors (Lipinski definition) is 4. The van der Waals surface area contributed by atoms with Crippen LogP contribution in [0.2, 0.25) is 0 Å². The van der Waals surface area contributed by atoms with Crippen molar-refractivity contribution in [3.05, 3.63) is 0 Å². The zero-order chi connectivity index (χ0) is 13.7. The average Bonchev–Trinajstić information content (AvgIpc) is 2.24. The van der Waals surface area contributed by atoms with Crippen LogP contribution in [0.1, 0.15) is 12.8 Å². The van der Waals surface area contributed by atoms with Crippen LogP contribution in [0.15, 0.2) is 0 Å². The summed E-state index contributed by atoms with van der Waals surface area (Å²) < 4.78 is 45.6. The SMILES string of the molecule is C#CCC(CC(F)(F)F)(C(=O)OC)C(=O)OC. The first-order valence-electron chi connectivity index (χ1n) is 4.40. The molecule has 7 heteroatoms. The van der Waals surface area contributed by atoms with Crippen LogP contribution in [0.25, 0.3) is 0 Å². The quantitative estimate of drug-likeness (QED) is 0.430. The number of carbonyl (C=O) groups is 2. The molecule has 0 aliphatic heterocycles. The molecule has 0 fully saturated rings. The van der Waals surface area contributed by atoms with Crippen LogP contribution < -0.4 is 0 Å². The molecule has 0 aromatic heterocycles. The summed E-state index contributed by atoms with van der Waals surface area (Å²) in [6.07, 6.45) is -2.33. The number of hydrogen-bond donors (Lipinski definition) is 0. The lowest BCUT2D eigenvalue weighted by atomic mass is 9.81. The highest BCUT2D eigenvalue weighted by molar-refractivity contribution is 6.00. The van der Waals surface area contributed by atoms with E-state index < -0.39 is 36.4 Å². The Labute approximate surface area is 96.1 Å². The Morgan fingerprint density at radius 3 is 1.82 bits per heavy atom. The highest BCUT2D eigenvalue weighted by Gasteiger charge is 2.54. The zero-order valence-corrected chi connectivity index (χ0v) is 9.26. The van der Waals surface area contributed by atoms with Crippen LogP contribution in [0.3, 0.4) is 0 Å². The van der Waals surface area contributed by atoms with Crippen LogP contribution in [-0.2, 0) is 19.1 Å². The maximum atomic E-state index is 12.4. The van der Waals surface area contributed by atoms with Gasteiger partial charge in [0.05, 0.1) is 20.6 Å². The Hall–Kier alpha value is -1.71. The monoisotopic (exact) mass is 252 g/mol. The number of carbonyl (C=O) groups excluding carboxylic acids is 2. The summed E-state index contributed by atoms with van der Waals surface area (Å²) in [7, 11) is 1.74. The van der Waals surface area contributed by atoms with Crippen molar-refractivity contribution in [3.8, 4) is 12.3 Å². The van der Waals surface area contributed by atoms with E-state index in [1.54, 1.807) is 0 Å². The van der Waals surface area contributed by atoms with Gasteiger partial charge in [-0.05, 0) is 0 Å². The summed E-state index contributed by atoms with van der Waals surface area (Å²) in [5, 5.41) is 0. The van der Waals surface area contributed by atoms with Gasteiger partial charge in [-0.25, -0.2) is 0 Å². The highest BCUT2D eigenvalue weighted by atomic mass is 19.4. The third-order valence-corrected chi connectivity index (χ3v) is 2.06. The minimum Gasteiger partial charge on any atom is -0.468 e. The molecule has 0 heterocycles. The van der Waals surface area contributed by atoms with Gasteiger partial charge in [-0.3, -0.25) is 9.59 Å². The second-order valence-corrected chi connectivity index (χ2v) is 3.24. The Morgan fingerprint density at radius 2 is 1.59 bits per heavy atom. The molecule has 0 saturated carbocycles. The van der Waals surface area contributed by atoms with Crippen LogP contribution >= 0.6 is 0 Å². The Balaban J connectivity index is 5.49. The Bertz CT molecular complexity index is 324. The molecule has 0 radical (unpaired) electrons. The predicted molar refractivity (Wildman–Crippen MR) is 50.6 cm³/mol. The molecule has 0 amide bonds. The van der Waals surface area contributed by atoms with Gasteiger partial charge in [-0.2, -0.15) is 13.2 Å². The van der Waals surface area contributed by atoms with E-state index in [1.807, 2.05) is 5.92 Å². The lowest BCUT2D eigenvalue weighted by molar-refractivity contribution is -0.193. The van der Waals surface area contributed by atoms with E-state index in [1.165, 1.54) is 0 Å². The second kappa shape index (κ2) is 5.57. The maximum absolute atomic E-state index is 12.4. The van der Waals surface area contributed by atoms with Crippen molar-refractivity contribution in [2.24, 2.45) is 5.41 Å². The molecular weight excluding hydrogens is 241 g/mol. The molecule has 0 aromatic rings. The first-order chi connectivity index (χ1) is 7.73. The molecule has 17 heavy (non-hydrogen) atoms. The third kappa shape index (κ3) is 3.66. The molecular formula is C10H11F3O4. The number of methoxy groups -OCH3 is 2. The van der Waals surface area contributed by atoms with E-state index in [-0.39, 0.29) is 0 Å². The fourth-order valence-corrected chi connectivity index (χ4v) is 1.34. The van der Waals surface area contributed by atoms with Gasteiger partial charge in [0.1, 0.15) is 0 Å². The van der Waals surface area contributed by atoms with Crippen molar-refractivity contribution in [1.29, 1.82) is 0 Å². The summed E-state index contributed by atoms with van der Waals surface area (Å²) in [4.78, 5) is 22.8. The zero-order valence-electron chi connectivity index (χ0n) is 9.26. The molecule has 0 aliphatic carbocycles. The first kappa shape index (κ1) is 15.3. The van der Waals surface area contributed by atoms with Crippen molar-refractivity contribution >= 4 is 11.9 Å². The standard InChI is InChI=1S/C10H11F3O4/c1-4-5-9(7(14)16-2,8(15)17-3)6-10(11,12)13/h1H,5-6H2,2-3H3. The second-order valence-electron chi connectivity index (χ2n) is 3.24. The van der Waals surface area contributed by atoms with Gasteiger partial charge in [0.2, 0.25) is 0 Å². The van der Waals surface area contributed by atoms with Gasteiger partial charge in [0, 0.05) is 6.42 Å². The molecule has 96 valence electrons. The van der Waals surface area contributed by atoms with Gasteiger partial charge >= 0.3 is 18.1 Å². The van der Waals surface area contributed by atoms with Gasteiger partial charge in [0.15, 0.2) is 5.41 Å². The van der Waals surface area contributed by atoms with Crippen LogP contribution in [0.5, 0.6) is 0 Å². The largest absolute Gasteiger partial charge is 0.468 e. The summed E-state index contributed by atoms with van der Waals surface area (Å²) in [5.74, 6) is -0.863. The molecule has 0 aromatic carbocycles. The summed E-state index contributed by atoms with van der Waals surface area (Å²) in [6.45, 7) is 0. The van der Waals surface area contributed by atoms with Gasteiger partial charge in [-0.1, -0.05) is 0 Å². The van der Waals surface area contributed by atoms with Crippen molar-refractivity contribution in [1.82, 2.24) is 0 Å². The fourth-order valence-electron chi connectivity index (χ4n) is 1.34. The number of ether oxygens (including phenoxy) is 2. The van der Waals surface area contributed by atoms with E-state index in [0.717, 1.165) is 14.2 Å². The number of alkyl halides is 3. The highest BCUT2D eigenvalue weighted by Crippen LogP contribution is 2.38. The van der Waals surface area contributed by atoms with E-state index in [9.17, 15) is 22.8 Å². The summed E-state index contributed by atoms with van der Waals surface area (Å²) in [6, 6.07) is 0. The van der Waals surface area contributed by atoms with E-state index in [2.05, 4.69) is 9.47 Å². The van der Waals surface area contributed by atoms with Crippen molar-refractivity contribution < 1.29 is 32.2 Å². The molecule has 0 N–H and O–H groups in total. The fraction of sp³-hybridized carbons (Fsp3) is 0.600. The Morgan fingerprint density at radius 1 is 1.18 bits per heavy atom. The molecule has 0 rings (SSSR count). The van der Waals surface area contributed by atoms with E-state index in [0.29, 0.717) is 0 Å². The lowest BCUT2D eigenvalue weighted by Crippen LogP contribution is -2.44. The van der Waals surface area contributed by atoms with Gasteiger partial charge in [0.25, 0.3) is 0 Å². The molecule has 0 spiro atoms. The van der Waals surface area contributed by atoms with Crippen LogP contribution in [0, 0.1) is 17.8 Å². The first-order valence-corrected chi connectivity index (χ1v) is 4.40. The van der Waals surface area contributed by atoms with Crippen LogP contribution in [0.4, 0.5) is 13.2 Å². The molecule has 4 nitrogen and oxygen atoms in total. The summed E-state index contributed by atoms with van der Waals surface area (Å²) >= 11 is 0. The van der Waals surface area contributed by atoms with Crippen molar-refractivity contribution in [3.63, 3.8) is 0 Å². The van der Waals surface area contributed by atoms with E-state index >= 15 is 0 Å². The van der Waals surface area contributed by atoms with Crippen molar-refractivity contribution in [2.75, 3.05) is 14.2 Å².